The Morgan fingerprint density at radius 1 is 1.12 bits per heavy atom. The molecule has 8 heteroatoms. The molecule has 1 amide bonds. The number of ether oxygens (including phenoxy) is 1. The van der Waals surface area contributed by atoms with E-state index in [0.717, 1.165) is 5.56 Å². The van der Waals surface area contributed by atoms with E-state index in [1.165, 1.54) is 12.1 Å². The number of carboxylic acids is 1. The maximum atomic E-state index is 14.1. The molecule has 1 fully saturated rings. The highest BCUT2D eigenvalue weighted by molar-refractivity contribution is 5.77. The van der Waals surface area contributed by atoms with Crippen LogP contribution in [0.15, 0.2) is 54.6 Å². The van der Waals surface area contributed by atoms with Crippen molar-refractivity contribution in [2.75, 3.05) is 7.05 Å². The number of hydrogen-bond acceptors (Lipinski definition) is 5. The average Bonchev–Trinajstić information content (AvgIpc) is 3.04. The minimum atomic E-state index is -0.965. The van der Waals surface area contributed by atoms with Crippen LogP contribution in [-0.4, -0.2) is 58.3 Å². The first-order chi connectivity index (χ1) is 15.3. The molecule has 1 saturated carbocycles. The van der Waals surface area contributed by atoms with Gasteiger partial charge in [0, 0.05) is 25.8 Å². The highest BCUT2D eigenvalue weighted by Gasteiger charge is 2.46. The number of hydrogen-bond donors (Lipinski definition) is 3. The lowest BCUT2D eigenvalue weighted by Crippen LogP contribution is -2.51. The standard InChI is InChI=1S/C24H29FN2O5/c1-27(15-16-8-3-2-4-9-16)23-18(26-21(28)12-7-13-22(29)30)14-20(24(23)31)32-19-11-6-5-10-17(19)25/h2-6,8-11,18,20,23-24,31H,7,12-15H2,1H3,(H,26,28)(H,29,30)/t18-,20-,23+,24+/m1/s1. The number of carbonyl (C=O) groups is 2. The Bertz CT molecular complexity index is 910. The van der Waals surface area contributed by atoms with Gasteiger partial charge in [0.15, 0.2) is 11.6 Å². The van der Waals surface area contributed by atoms with Crippen molar-refractivity contribution in [2.24, 2.45) is 0 Å². The number of carbonyl (C=O) groups excluding carboxylic acids is 1. The average molecular weight is 445 g/mol. The van der Waals surface area contributed by atoms with E-state index >= 15 is 0 Å². The molecule has 0 spiro atoms. The summed E-state index contributed by atoms with van der Waals surface area (Å²) in [6.45, 7) is 0.542. The van der Waals surface area contributed by atoms with Crippen LogP contribution in [0.5, 0.6) is 5.75 Å². The van der Waals surface area contributed by atoms with E-state index in [9.17, 15) is 19.1 Å². The highest BCUT2D eigenvalue weighted by Crippen LogP contribution is 2.30. The first-order valence-electron chi connectivity index (χ1n) is 10.7. The molecule has 0 radical (unpaired) electrons. The number of para-hydroxylation sites is 1. The molecular formula is C24H29FN2O5. The molecule has 0 bridgehead atoms. The lowest BCUT2D eigenvalue weighted by Gasteiger charge is -2.32. The number of amides is 1. The number of carboxylic acid groups (broad SMARTS) is 1. The van der Waals surface area contributed by atoms with Crippen LogP contribution in [0.2, 0.25) is 0 Å². The minimum absolute atomic E-state index is 0.0504. The van der Waals surface area contributed by atoms with Crippen LogP contribution < -0.4 is 10.1 Å². The van der Waals surface area contributed by atoms with Crippen molar-refractivity contribution in [3.8, 4) is 5.75 Å². The van der Waals surface area contributed by atoms with Crippen molar-refractivity contribution < 1.29 is 28.9 Å². The number of aliphatic hydroxyl groups excluding tert-OH is 1. The second-order valence-corrected chi connectivity index (χ2v) is 8.13. The van der Waals surface area contributed by atoms with Crippen LogP contribution >= 0.6 is 0 Å². The van der Waals surface area contributed by atoms with Crippen molar-refractivity contribution in [1.82, 2.24) is 10.2 Å². The quantitative estimate of drug-likeness (QED) is 0.521. The summed E-state index contributed by atoms with van der Waals surface area (Å²) in [6, 6.07) is 14.8. The third-order valence-electron chi connectivity index (χ3n) is 5.67. The van der Waals surface area contributed by atoms with Crippen molar-refractivity contribution in [3.05, 3.63) is 66.0 Å². The zero-order valence-corrected chi connectivity index (χ0v) is 18.0. The molecule has 0 saturated heterocycles. The molecule has 1 aliphatic carbocycles. The molecule has 3 rings (SSSR count). The Balaban J connectivity index is 1.73. The molecule has 0 aromatic heterocycles. The van der Waals surface area contributed by atoms with Gasteiger partial charge in [-0.2, -0.15) is 0 Å². The second kappa shape index (κ2) is 11.1. The van der Waals surface area contributed by atoms with E-state index in [1.807, 2.05) is 42.3 Å². The normalized spacial score (nSPS) is 22.6. The molecule has 1 aliphatic rings. The van der Waals surface area contributed by atoms with Crippen LogP contribution in [0.4, 0.5) is 4.39 Å². The van der Waals surface area contributed by atoms with Gasteiger partial charge in [0.1, 0.15) is 12.2 Å². The molecular weight excluding hydrogens is 415 g/mol. The molecule has 4 atom stereocenters. The summed E-state index contributed by atoms with van der Waals surface area (Å²) in [5, 5.41) is 22.8. The number of likely N-dealkylation sites (N-methyl/N-ethyl adjacent to an activating group) is 1. The van der Waals surface area contributed by atoms with Crippen molar-refractivity contribution >= 4 is 11.9 Å². The fourth-order valence-electron chi connectivity index (χ4n) is 4.18. The first-order valence-corrected chi connectivity index (χ1v) is 10.7. The summed E-state index contributed by atoms with van der Waals surface area (Å²) in [5.41, 5.74) is 1.05. The highest BCUT2D eigenvalue weighted by atomic mass is 19.1. The number of nitrogens with one attached hydrogen (secondary N) is 1. The lowest BCUT2D eigenvalue weighted by molar-refractivity contribution is -0.137. The first kappa shape index (κ1) is 23.7. The molecule has 0 unspecified atom stereocenters. The summed E-state index contributed by atoms with van der Waals surface area (Å²) >= 11 is 0. The summed E-state index contributed by atoms with van der Waals surface area (Å²) in [7, 11) is 1.86. The van der Waals surface area contributed by atoms with Crippen LogP contribution in [0.3, 0.4) is 0 Å². The molecule has 7 nitrogen and oxygen atoms in total. The fraction of sp³-hybridized carbons (Fsp3) is 0.417. The van der Waals surface area contributed by atoms with Crippen molar-refractivity contribution in [2.45, 2.75) is 56.5 Å². The van der Waals surface area contributed by atoms with Gasteiger partial charge in [0.25, 0.3) is 0 Å². The zero-order chi connectivity index (χ0) is 23.1. The van der Waals surface area contributed by atoms with Gasteiger partial charge in [0.05, 0.1) is 12.1 Å². The Hall–Kier alpha value is -2.97. The van der Waals surface area contributed by atoms with Gasteiger partial charge >= 0.3 is 5.97 Å². The maximum Gasteiger partial charge on any atom is 0.303 e. The van der Waals surface area contributed by atoms with Crippen LogP contribution in [0.1, 0.15) is 31.2 Å². The van der Waals surface area contributed by atoms with E-state index < -0.39 is 36.1 Å². The van der Waals surface area contributed by atoms with Gasteiger partial charge in [-0.1, -0.05) is 42.5 Å². The smallest absolute Gasteiger partial charge is 0.303 e. The van der Waals surface area contributed by atoms with Gasteiger partial charge < -0.3 is 20.3 Å². The Kier molecular flexibility index (Phi) is 8.19. The molecule has 2 aromatic rings. The van der Waals surface area contributed by atoms with Crippen LogP contribution in [0, 0.1) is 5.82 Å². The van der Waals surface area contributed by atoms with Crippen molar-refractivity contribution in [1.29, 1.82) is 0 Å². The van der Waals surface area contributed by atoms with Gasteiger partial charge in [-0.15, -0.1) is 0 Å². The summed E-state index contributed by atoms with van der Waals surface area (Å²) in [5.74, 6) is -1.70. The third-order valence-corrected chi connectivity index (χ3v) is 5.67. The lowest BCUT2D eigenvalue weighted by atomic mass is 10.1. The molecule has 0 aliphatic heterocycles. The van der Waals surface area contributed by atoms with Gasteiger partial charge in [-0.05, 0) is 31.2 Å². The SMILES string of the molecule is CN(Cc1ccccc1)[C@@H]1[C@@H](O)[C@H](Oc2ccccc2F)C[C@H]1NC(=O)CCCC(=O)O. The molecule has 2 aromatic carbocycles. The Morgan fingerprint density at radius 3 is 2.50 bits per heavy atom. The van der Waals surface area contributed by atoms with E-state index in [1.54, 1.807) is 12.1 Å². The zero-order valence-electron chi connectivity index (χ0n) is 18.0. The van der Waals surface area contributed by atoms with E-state index in [4.69, 9.17) is 9.84 Å². The number of benzene rings is 2. The number of aliphatic carboxylic acids is 1. The van der Waals surface area contributed by atoms with Gasteiger partial charge in [-0.3, -0.25) is 14.5 Å². The Morgan fingerprint density at radius 2 is 1.81 bits per heavy atom. The van der Waals surface area contributed by atoms with Gasteiger partial charge in [0.2, 0.25) is 5.91 Å². The van der Waals surface area contributed by atoms with E-state index in [2.05, 4.69) is 5.32 Å². The maximum absolute atomic E-state index is 14.1. The number of aliphatic hydroxyl groups is 1. The van der Waals surface area contributed by atoms with Crippen molar-refractivity contribution in [3.63, 3.8) is 0 Å². The predicted molar refractivity (Wildman–Crippen MR) is 117 cm³/mol. The number of rotatable bonds is 10. The fourth-order valence-corrected chi connectivity index (χ4v) is 4.18. The molecule has 172 valence electrons. The summed E-state index contributed by atoms with van der Waals surface area (Å²) < 4.78 is 19.9. The largest absolute Gasteiger partial charge is 0.485 e. The Labute approximate surface area is 186 Å². The number of nitrogens with zero attached hydrogens (tertiary/aromatic N) is 1. The number of halogens is 1. The molecule has 3 N–H and O–H groups in total. The minimum Gasteiger partial charge on any atom is -0.485 e. The summed E-state index contributed by atoms with van der Waals surface area (Å²) in [4.78, 5) is 25.1. The molecule has 0 heterocycles. The van der Waals surface area contributed by atoms with Crippen LogP contribution in [0.25, 0.3) is 0 Å². The monoisotopic (exact) mass is 444 g/mol. The van der Waals surface area contributed by atoms with E-state index in [-0.39, 0.29) is 30.9 Å². The second-order valence-electron chi connectivity index (χ2n) is 8.13. The topological polar surface area (TPSA) is 99.1 Å². The third kappa shape index (κ3) is 6.27. The molecule has 32 heavy (non-hydrogen) atoms. The van der Waals surface area contributed by atoms with Crippen LogP contribution in [-0.2, 0) is 16.1 Å². The van der Waals surface area contributed by atoms with Gasteiger partial charge in [-0.25, -0.2) is 4.39 Å². The van der Waals surface area contributed by atoms with E-state index in [0.29, 0.717) is 13.0 Å². The summed E-state index contributed by atoms with van der Waals surface area (Å²) in [6.07, 6.45) is -1.16. The predicted octanol–water partition coefficient (Wildman–Crippen LogP) is 2.58.